The lowest BCUT2D eigenvalue weighted by Crippen LogP contribution is -2.19. The summed E-state index contributed by atoms with van der Waals surface area (Å²) in [4.78, 5) is 0. The number of rotatable bonds is 5. The predicted molar refractivity (Wildman–Crippen MR) is 76.3 cm³/mol. The van der Waals surface area contributed by atoms with Crippen LogP contribution in [0, 0.1) is 5.82 Å². The first-order valence-electron chi connectivity index (χ1n) is 6.45. The number of phenols is 1. The van der Waals surface area contributed by atoms with Crippen LogP contribution in [0.3, 0.4) is 0 Å². The number of hydrogen-bond acceptors (Lipinski definition) is 3. The largest absolute Gasteiger partial charge is 0.508 e. The van der Waals surface area contributed by atoms with E-state index in [0.29, 0.717) is 17.9 Å². The average Bonchev–Trinajstić information content (AvgIpc) is 2.46. The van der Waals surface area contributed by atoms with Gasteiger partial charge < -0.3 is 15.2 Å². The van der Waals surface area contributed by atoms with Crippen molar-refractivity contribution in [3.8, 4) is 11.5 Å². The van der Waals surface area contributed by atoms with E-state index < -0.39 is 0 Å². The van der Waals surface area contributed by atoms with Gasteiger partial charge in [0.2, 0.25) is 0 Å². The molecule has 2 N–H and O–H groups in total. The van der Waals surface area contributed by atoms with Crippen molar-refractivity contribution in [2.45, 2.75) is 19.5 Å². The quantitative estimate of drug-likeness (QED) is 0.879. The van der Waals surface area contributed by atoms with E-state index in [-0.39, 0.29) is 17.6 Å². The molecule has 0 fully saturated rings. The molecule has 2 rings (SSSR count). The molecule has 106 valence electrons. The van der Waals surface area contributed by atoms with Gasteiger partial charge in [0.15, 0.2) is 0 Å². The summed E-state index contributed by atoms with van der Waals surface area (Å²) >= 11 is 0. The average molecular weight is 275 g/mol. The number of halogens is 1. The minimum Gasteiger partial charge on any atom is -0.508 e. The highest BCUT2D eigenvalue weighted by Gasteiger charge is 2.11. The van der Waals surface area contributed by atoms with Crippen LogP contribution in [0.15, 0.2) is 42.5 Å². The third-order valence-corrected chi connectivity index (χ3v) is 3.22. The standard InChI is InChI=1S/C16H18FNO2/c1-11(15-8-7-14(20-2)9-16(15)17)18-10-12-3-5-13(19)6-4-12/h3-9,11,18-19H,10H2,1-2H3. The molecule has 20 heavy (non-hydrogen) atoms. The molecule has 0 amide bonds. The fourth-order valence-electron chi connectivity index (χ4n) is 1.98. The van der Waals surface area contributed by atoms with E-state index in [1.165, 1.54) is 13.2 Å². The Kier molecular flexibility index (Phi) is 4.58. The summed E-state index contributed by atoms with van der Waals surface area (Å²) in [6, 6.07) is 11.7. The van der Waals surface area contributed by atoms with Gasteiger partial charge >= 0.3 is 0 Å². The Hall–Kier alpha value is -2.07. The van der Waals surface area contributed by atoms with Crippen molar-refractivity contribution in [2.75, 3.05) is 7.11 Å². The molecule has 3 nitrogen and oxygen atoms in total. The molecule has 0 aliphatic carbocycles. The number of benzene rings is 2. The summed E-state index contributed by atoms with van der Waals surface area (Å²) in [6.45, 7) is 2.51. The van der Waals surface area contributed by atoms with E-state index in [2.05, 4.69) is 5.32 Å². The molecule has 0 radical (unpaired) electrons. The Morgan fingerprint density at radius 3 is 2.50 bits per heavy atom. The Labute approximate surface area is 118 Å². The zero-order valence-electron chi connectivity index (χ0n) is 11.6. The molecule has 0 saturated heterocycles. The van der Waals surface area contributed by atoms with Crippen molar-refractivity contribution in [2.24, 2.45) is 0 Å². The molecule has 1 unspecified atom stereocenters. The lowest BCUT2D eigenvalue weighted by Gasteiger charge is -2.15. The molecule has 4 heteroatoms. The van der Waals surface area contributed by atoms with Crippen LogP contribution in [0.25, 0.3) is 0 Å². The van der Waals surface area contributed by atoms with Crippen molar-refractivity contribution in [3.63, 3.8) is 0 Å². The van der Waals surface area contributed by atoms with Crippen LogP contribution >= 0.6 is 0 Å². The second-order valence-electron chi connectivity index (χ2n) is 4.66. The van der Waals surface area contributed by atoms with Crippen LogP contribution in [-0.4, -0.2) is 12.2 Å². The molecule has 1 atom stereocenters. The molecule has 0 aliphatic heterocycles. The fraction of sp³-hybridized carbons (Fsp3) is 0.250. The summed E-state index contributed by atoms with van der Waals surface area (Å²) in [5.74, 6) is 0.468. The van der Waals surface area contributed by atoms with Crippen LogP contribution in [0.2, 0.25) is 0 Å². The van der Waals surface area contributed by atoms with Crippen molar-refractivity contribution in [1.82, 2.24) is 5.32 Å². The summed E-state index contributed by atoms with van der Waals surface area (Å²) in [7, 11) is 1.51. The van der Waals surface area contributed by atoms with E-state index in [0.717, 1.165) is 5.56 Å². The number of hydrogen-bond donors (Lipinski definition) is 2. The van der Waals surface area contributed by atoms with Crippen LogP contribution in [0.1, 0.15) is 24.1 Å². The number of ether oxygens (including phenoxy) is 1. The molecule has 0 aromatic heterocycles. The smallest absolute Gasteiger partial charge is 0.131 e. The number of methoxy groups -OCH3 is 1. The van der Waals surface area contributed by atoms with Gasteiger partial charge in [0, 0.05) is 24.2 Å². The maximum absolute atomic E-state index is 13.9. The van der Waals surface area contributed by atoms with E-state index in [9.17, 15) is 9.50 Å². The van der Waals surface area contributed by atoms with Crippen LogP contribution in [0.5, 0.6) is 11.5 Å². The lowest BCUT2D eigenvalue weighted by atomic mass is 10.1. The normalized spacial score (nSPS) is 12.2. The molecule has 0 saturated carbocycles. The Morgan fingerprint density at radius 1 is 1.20 bits per heavy atom. The zero-order valence-corrected chi connectivity index (χ0v) is 11.6. The van der Waals surface area contributed by atoms with Gasteiger partial charge in [0.05, 0.1) is 7.11 Å². The van der Waals surface area contributed by atoms with Gasteiger partial charge in [-0.15, -0.1) is 0 Å². The molecule has 0 bridgehead atoms. The third kappa shape index (κ3) is 3.48. The minimum atomic E-state index is -0.282. The topological polar surface area (TPSA) is 41.5 Å². The third-order valence-electron chi connectivity index (χ3n) is 3.22. The maximum atomic E-state index is 13.9. The first-order chi connectivity index (χ1) is 9.60. The number of aromatic hydroxyl groups is 1. The summed E-state index contributed by atoms with van der Waals surface area (Å²) in [5.41, 5.74) is 1.63. The Morgan fingerprint density at radius 2 is 1.90 bits per heavy atom. The molecule has 0 aliphatic rings. The SMILES string of the molecule is COc1ccc(C(C)NCc2ccc(O)cc2)c(F)c1. The van der Waals surface area contributed by atoms with Crippen LogP contribution in [-0.2, 0) is 6.54 Å². The van der Waals surface area contributed by atoms with E-state index in [1.807, 2.05) is 19.1 Å². The van der Waals surface area contributed by atoms with E-state index in [4.69, 9.17) is 4.74 Å². The second kappa shape index (κ2) is 6.39. The van der Waals surface area contributed by atoms with Gasteiger partial charge in [0.25, 0.3) is 0 Å². The van der Waals surface area contributed by atoms with Gasteiger partial charge in [-0.2, -0.15) is 0 Å². The van der Waals surface area contributed by atoms with E-state index >= 15 is 0 Å². The van der Waals surface area contributed by atoms with Gasteiger partial charge in [-0.1, -0.05) is 18.2 Å². The van der Waals surface area contributed by atoms with Gasteiger partial charge in [-0.3, -0.25) is 0 Å². The molecule has 0 heterocycles. The maximum Gasteiger partial charge on any atom is 0.131 e. The summed E-state index contributed by atoms with van der Waals surface area (Å²) < 4.78 is 18.9. The molecule has 2 aromatic carbocycles. The molecule has 0 spiro atoms. The molecular formula is C16H18FNO2. The van der Waals surface area contributed by atoms with Crippen molar-refractivity contribution in [1.29, 1.82) is 0 Å². The predicted octanol–water partition coefficient (Wildman–Crippen LogP) is 3.39. The van der Waals surface area contributed by atoms with Crippen LogP contribution < -0.4 is 10.1 Å². The zero-order chi connectivity index (χ0) is 14.5. The molecular weight excluding hydrogens is 257 g/mol. The second-order valence-corrected chi connectivity index (χ2v) is 4.66. The van der Waals surface area contributed by atoms with Crippen molar-refractivity contribution < 1.29 is 14.2 Å². The summed E-state index contributed by atoms with van der Waals surface area (Å²) in [5, 5.41) is 12.5. The summed E-state index contributed by atoms with van der Waals surface area (Å²) in [6.07, 6.45) is 0. The van der Waals surface area contributed by atoms with E-state index in [1.54, 1.807) is 24.3 Å². The highest BCUT2D eigenvalue weighted by atomic mass is 19.1. The highest BCUT2D eigenvalue weighted by molar-refractivity contribution is 5.31. The van der Waals surface area contributed by atoms with Crippen molar-refractivity contribution >= 4 is 0 Å². The monoisotopic (exact) mass is 275 g/mol. The Bertz CT molecular complexity index is 569. The lowest BCUT2D eigenvalue weighted by molar-refractivity contribution is 0.409. The number of nitrogens with one attached hydrogen (secondary N) is 1. The minimum absolute atomic E-state index is 0.116. The van der Waals surface area contributed by atoms with Gasteiger partial charge in [-0.25, -0.2) is 4.39 Å². The first kappa shape index (κ1) is 14.3. The number of phenolic OH excluding ortho intramolecular Hbond substituents is 1. The highest BCUT2D eigenvalue weighted by Crippen LogP contribution is 2.22. The Balaban J connectivity index is 2.01. The van der Waals surface area contributed by atoms with Crippen LogP contribution in [0.4, 0.5) is 4.39 Å². The van der Waals surface area contributed by atoms with Crippen molar-refractivity contribution in [3.05, 3.63) is 59.4 Å². The fourth-order valence-corrected chi connectivity index (χ4v) is 1.98. The van der Waals surface area contributed by atoms with Gasteiger partial charge in [-0.05, 0) is 30.7 Å². The first-order valence-corrected chi connectivity index (χ1v) is 6.45. The molecule has 2 aromatic rings. The van der Waals surface area contributed by atoms with Gasteiger partial charge in [0.1, 0.15) is 17.3 Å².